The molecular weight excluding hydrogens is 230 g/mol. The number of allylic oxidation sites excluding steroid dienone is 1. The van der Waals surface area contributed by atoms with Gasteiger partial charge < -0.3 is 5.32 Å². The molecule has 0 heterocycles. The number of nitrogens with one attached hydrogen (secondary N) is 1. The van der Waals surface area contributed by atoms with E-state index in [1.807, 2.05) is 6.92 Å². The summed E-state index contributed by atoms with van der Waals surface area (Å²) in [6.45, 7) is 6.20. The Morgan fingerprint density at radius 1 is 1.62 bits per heavy atom. The highest BCUT2D eigenvalue weighted by Crippen LogP contribution is 2.25. The fourth-order valence-corrected chi connectivity index (χ4v) is 1.63. The lowest BCUT2D eigenvalue weighted by molar-refractivity contribution is -0.117. The fourth-order valence-electron chi connectivity index (χ4n) is 1.48. The smallest absolute Gasteiger partial charge is 0.247 e. The molecule has 1 rings (SSSR count). The van der Waals surface area contributed by atoms with Crippen molar-refractivity contribution < 1.29 is 4.79 Å². The predicted octanol–water partition coefficient (Wildman–Crippen LogP) is 2.51. The lowest BCUT2D eigenvalue weighted by Crippen LogP contribution is -2.25. The third kappa shape index (κ3) is 2.99. The zero-order valence-corrected chi connectivity index (χ0v) is 9.41. The summed E-state index contributed by atoms with van der Waals surface area (Å²) in [5.41, 5.74) is 2.20. The van der Waals surface area contributed by atoms with Crippen LogP contribution < -0.4 is 5.32 Å². The second-order valence-corrected chi connectivity index (χ2v) is 4.43. The van der Waals surface area contributed by atoms with Gasteiger partial charge in [-0.25, -0.2) is 0 Å². The van der Waals surface area contributed by atoms with E-state index >= 15 is 0 Å². The van der Waals surface area contributed by atoms with Crippen LogP contribution in [0.2, 0.25) is 0 Å². The first-order valence-electron chi connectivity index (χ1n) is 4.41. The second kappa shape index (κ2) is 4.61. The monoisotopic (exact) mass is 243 g/mol. The molecule has 0 spiro atoms. The summed E-state index contributed by atoms with van der Waals surface area (Å²) in [7, 11) is 0. The molecule has 1 N–H and O–H groups in total. The van der Waals surface area contributed by atoms with Gasteiger partial charge in [-0.3, -0.25) is 4.79 Å². The van der Waals surface area contributed by atoms with E-state index < -0.39 is 0 Å². The minimum absolute atomic E-state index is 0.0654. The van der Waals surface area contributed by atoms with Gasteiger partial charge in [0, 0.05) is 16.6 Å². The lowest BCUT2D eigenvalue weighted by atomic mass is 10.1. The molecule has 1 aliphatic rings. The summed E-state index contributed by atoms with van der Waals surface area (Å²) < 4.78 is 0.803. The van der Waals surface area contributed by atoms with Crippen molar-refractivity contribution in [2.75, 3.05) is 6.54 Å². The molecule has 0 aliphatic heterocycles. The van der Waals surface area contributed by atoms with Crippen LogP contribution in [0.3, 0.4) is 0 Å². The minimum Gasteiger partial charge on any atom is -0.348 e. The van der Waals surface area contributed by atoms with E-state index in [0.29, 0.717) is 6.54 Å². The van der Waals surface area contributed by atoms with Crippen LogP contribution in [-0.4, -0.2) is 12.5 Å². The zero-order chi connectivity index (χ0) is 9.84. The van der Waals surface area contributed by atoms with E-state index in [9.17, 15) is 4.79 Å². The summed E-state index contributed by atoms with van der Waals surface area (Å²) in [4.78, 5) is 11.5. The topological polar surface area (TPSA) is 29.1 Å². The average Bonchev–Trinajstić information content (AvgIpc) is 2.47. The number of amides is 1. The van der Waals surface area contributed by atoms with Crippen molar-refractivity contribution >= 4 is 21.8 Å². The Labute approximate surface area is 87.2 Å². The van der Waals surface area contributed by atoms with Crippen LogP contribution in [0.5, 0.6) is 0 Å². The Bertz CT molecular complexity index is 268. The Morgan fingerprint density at radius 3 is 2.77 bits per heavy atom. The van der Waals surface area contributed by atoms with Crippen molar-refractivity contribution in [2.24, 2.45) is 0 Å². The summed E-state index contributed by atoms with van der Waals surface area (Å²) in [5, 5.41) is 2.81. The Balaban J connectivity index is 2.48. The minimum atomic E-state index is 0.0654. The number of carbonyl (C=O) groups excluding carboxylic acids is 1. The molecule has 2 nitrogen and oxygen atoms in total. The van der Waals surface area contributed by atoms with Crippen LogP contribution in [0.4, 0.5) is 0 Å². The highest BCUT2D eigenvalue weighted by Gasteiger charge is 2.17. The zero-order valence-electron chi connectivity index (χ0n) is 7.82. The van der Waals surface area contributed by atoms with Crippen molar-refractivity contribution in [2.45, 2.75) is 26.2 Å². The highest BCUT2D eigenvalue weighted by molar-refractivity contribution is 9.11. The standard InChI is InChI=1S/C10H14BrNO/c1-7-4-3-5-9(7)10(13)12-6-8(2)11/h2-6H2,1H3,(H,12,13). The molecule has 3 heteroatoms. The van der Waals surface area contributed by atoms with Crippen LogP contribution >= 0.6 is 15.9 Å². The van der Waals surface area contributed by atoms with Crippen LogP contribution in [0.15, 0.2) is 22.2 Å². The SMILES string of the molecule is C=C(Br)CNC(=O)C1=C(C)CCC1. The van der Waals surface area contributed by atoms with Gasteiger partial charge in [-0.2, -0.15) is 0 Å². The molecule has 0 aromatic carbocycles. The number of carbonyl (C=O) groups is 1. The third-order valence-corrected chi connectivity index (χ3v) is 2.49. The van der Waals surface area contributed by atoms with E-state index in [2.05, 4.69) is 27.8 Å². The van der Waals surface area contributed by atoms with Crippen molar-refractivity contribution in [1.29, 1.82) is 0 Å². The number of rotatable bonds is 3. The Kier molecular flexibility index (Phi) is 3.72. The molecule has 13 heavy (non-hydrogen) atoms. The van der Waals surface area contributed by atoms with Gasteiger partial charge in [0.05, 0.1) is 0 Å². The summed E-state index contributed by atoms with van der Waals surface area (Å²) in [6.07, 6.45) is 3.11. The van der Waals surface area contributed by atoms with Gasteiger partial charge in [-0.1, -0.05) is 28.1 Å². The summed E-state index contributed by atoms with van der Waals surface area (Å²) in [5.74, 6) is 0.0654. The van der Waals surface area contributed by atoms with Gasteiger partial charge in [-0.15, -0.1) is 0 Å². The Morgan fingerprint density at radius 2 is 2.31 bits per heavy atom. The van der Waals surface area contributed by atoms with Crippen LogP contribution in [-0.2, 0) is 4.79 Å². The van der Waals surface area contributed by atoms with Crippen LogP contribution in [0.25, 0.3) is 0 Å². The molecule has 0 saturated carbocycles. The van der Waals surface area contributed by atoms with E-state index in [4.69, 9.17) is 0 Å². The third-order valence-electron chi connectivity index (χ3n) is 2.21. The summed E-state index contributed by atoms with van der Waals surface area (Å²) in [6, 6.07) is 0. The summed E-state index contributed by atoms with van der Waals surface area (Å²) >= 11 is 3.20. The maximum atomic E-state index is 11.5. The first kappa shape index (κ1) is 10.5. The Hall–Kier alpha value is -0.570. The maximum Gasteiger partial charge on any atom is 0.247 e. The van der Waals surface area contributed by atoms with E-state index in [0.717, 1.165) is 29.3 Å². The number of hydrogen-bond donors (Lipinski definition) is 1. The van der Waals surface area contributed by atoms with Crippen LogP contribution in [0, 0.1) is 0 Å². The van der Waals surface area contributed by atoms with E-state index in [-0.39, 0.29) is 5.91 Å². The molecule has 0 unspecified atom stereocenters. The quantitative estimate of drug-likeness (QED) is 0.811. The molecule has 0 aromatic heterocycles. The van der Waals surface area contributed by atoms with Gasteiger partial charge in [-0.05, 0) is 26.2 Å². The van der Waals surface area contributed by atoms with Crippen molar-refractivity contribution in [1.82, 2.24) is 5.32 Å². The molecule has 1 amide bonds. The van der Waals surface area contributed by atoms with Gasteiger partial charge in [0.15, 0.2) is 0 Å². The molecule has 0 aromatic rings. The molecule has 0 radical (unpaired) electrons. The van der Waals surface area contributed by atoms with E-state index in [1.165, 1.54) is 5.57 Å². The molecule has 72 valence electrons. The molecule has 0 saturated heterocycles. The highest BCUT2D eigenvalue weighted by atomic mass is 79.9. The van der Waals surface area contributed by atoms with Crippen molar-refractivity contribution in [3.8, 4) is 0 Å². The lowest BCUT2D eigenvalue weighted by Gasteiger charge is -2.05. The first-order valence-corrected chi connectivity index (χ1v) is 5.20. The average molecular weight is 244 g/mol. The first-order chi connectivity index (χ1) is 6.11. The molecule has 0 fully saturated rings. The molecular formula is C10H14BrNO. The van der Waals surface area contributed by atoms with E-state index in [1.54, 1.807) is 0 Å². The van der Waals surface area contributed by atoms with Crippen molar-refractivity contribution in [3.05, 3.63) is 22.2 Å². The second-order valence-electron chi connectivity index (χ2n) is 3.31. The maximum absolute atomic E-state index is 11.5. The van der Waals surface area contributed by atoms with Gasteiger partial charge in [0.2, 0.25) is 5.91 Å². The molecule has 1 aliphatic carbocycles. The molecule has 0 bridgehead atoms. The number of hydrogen-bond acceptors (Lipinski definition) is 1. The normalized spacial score (nSPS) is 16.2. The largest absolute Gasteiger partial charge is 0.348 e. The van der Waals surface area contributed by atoms with Gasteiger partial charge in [0.1, 0.15) is 0 Å². The van der Waals surface area contributed by atoms with Gasteiger partial charge in [0.25, 0.3) is 0 Å². The van der Waals surface area contributed by atoms with Crippen molar-refractivity contribution in [3.63, 3.8) is 0 Å². The van der Waals surface area contributed by atoms with Gasteiger partial charge >= 0.3 is 0 Å². The number of halogens is 1. The van der Waals surface area contributed by atoms with Crippen LogP contribution in [0.1, 0.15) is 26.2 Å². The molecule has 0 atom stereocenters. The fraction of sp³-hybridized carbons (Fsp3) is 0.500. The predicted molar refractivity (Wildman–Crippen MR) is 57.6 cm³/mol.